The van der Waals surface area contributed by atoms with Gasteiger partial charge in [0.05, 0.1) is 0 Å². The van der Waals surface area contributed by atoms with Gasteiger partial charge in [-0.15, -0.1) is 0 Å². The van der Waals surface area contributed by atoms with Crippen LogP contribution in [0.1, 0.15) is 40.9 Å². The highest BCUT2D eigenvalue weighted by molar-refractivity contribution is 6.10. The van der Waals surface area contributed by atoms with Gasteiger partial charge in [-0.3, -0.25) is 4.79 Å². The topological polar surface area (TPSA) is 17.1 Å². The van der Waals surface area contributed by atoms with Crippen LogP contribution in [0.3, 0.4) is 0 Å². The van der Waals surface area contributed by atoms with Crippen molar-refractivity contribution < 1.29 is 4.79 Å². The van der Waals surface area contributed by atoms with Gasteiger partial charge in [0.1, 0.15) is 0 Å². The summed E-state index contributed by atoms with van der Waals surface area (Å²) >= 11 is 0. The molecular weight excluding hydrogens is 208 g/mol. The molecule has 0 aliphatic carbocycles. The van der Waals surface area contributed by atoms with E-state index in [0.29, 0.717) is 0 Å². The SMILES string of the molecule is C/C=C/C=C(/C)C(=O)c1c(C)cc(C)cc1C. The van der Waals surface area contributed by atoms with E-state index in [4.69, 9.17) is 0 Å². The first kappa shape index (κ1) is 13.4. The van der Waals surface area contributed by atoms with Crippen LogP contribution in [0.25, 0.3) is 0 Å². The van der Waals surface area contributed by atoms with Crippen molar-refractivity contribution in [1.82, 2.24) is 0 Å². The molecule has 0 unspecified atom stereocenters. The number of ketones is 1. The number of hydrogen-bond acceptors (Lipinski definition) is 1. The minimum absolute atomic E-state index is 0.123. The van der Waals surface area contributed by atoms with E-state index in [1.165, 1.54) is 5.56 Å². The molecule has 1 aromatic rings. The Morgan fingerprint density at radius 2 is 1.65 bits per heavy atom. The largest absolute Gasteiger partial charge is 0.289 e. The average Bonchev–Trinajstić information content (AvgIpc) is 2.24. The molecule has 0 bridgehead atoms. The summed E-state index contributed by atoms with van der Waals surface area (Å²) in [4.78, 5) is 12.3. The lowest BCUT2D eigenvalue weighted by molar-refractivity contribution is 0.103. The van der Waals surface area contributed by atoms with Crippen molar-refractivity contribution in [2.45, 2.75) is 34.6 Å². The summed E-state index contributed by atoms with van der Waals surface area (Å²) in [6.45, 7) is 9.85. The summed E-state index contributed by atoms with van der Waals surface area (Å²) < 4.78 is 0. The monoisotopic (exact) mass is 228 g/mol. The molecule has 1 aromatic carbocycles. The molecule has 0 fully saturated rings. The summed E-state index contributed by atoms with van der Waals surface area (Å²) in [6.07, 6.45) is 5.68. The standard InChI is InChI=1S/C16H20O/c1-6-7-8-12(3)16(17)15-13(4)9-11(2)10-14(15)5/h6-10H,1-5H3/b7-6+,12-8-. The van der Waals surface area contributed by atoms with E-state index in [9.17, 15) is 4.79 Å². The second-order valence-corrected chi connectivity index (χ2v) is 4.48. The molecule has 17 heavy (non-hydrogen) atoms. The van der Waals surface area contributed by atoms with Gasteiger partial charge >= 0.3 is 0 Å². The number of allylic oxidation sites excluding steroid dienone is 4. The van der Waals surface area contributed by atoms with Gasteiger partial charge in [-0.05, 0) is 51.3 Å². The van der Waals surface area contributed by atoms with E-state index in [0.717, 1.165) is 22.3 Å². The van der Waals surface area contributed by atoms with Gasteiger partial charge < -0.3 is 0 Å². The lowest BCUT2D eigenvalue weighted by Gasteiger charge is -2.10. The Morgan fingerprint density at radius 3 is 2.12 bits per heavy atom. The molecule has 0 radical (unpaired) electrons. The Balaban J connectivity index is 3.22. The quantitative estimate of drug-likeness (QED) is 0.428. The van der Waals surface area contributed by atoms with E-state index in [2.05, 4.69) is 19.1 Å². The van der Waals surface area contributed by atoms with Gasteiger partial charge in [-0.1, -0.05) is 35.9 Å². The smallest absolute Gasteiger partial charge is 0.189 e. The first-order valence-corrected chi connectivity index (χ1v) is 5.89. The van der Waals surface area contributed by atoms with E-state index in [1.807, 2.05) is 45.9 Å². The number of carbonyl (C=O) groups excluding carboxylic acids is 1. The van der Waals surface area contributed by atoms with Gasteiger partial charge in [-0.25, -0.2) is 0 Å². The molecule has 0 saturated heterocycles. The van der Waals surface area contributed by atoms with Gasteiger partial charge in [0, 0.05) is 5.56 Å². The molecule has 0 saturated carbocycles. The first-order chi connectivity index (χ1) is 7.97. The molecule has 0 N–H and O–H groups in total. The third-order valence-electron chi connectivity index (χ3n) is 2.80. The van der Waals surface area contributed by atoms with Crippen molar-refractivity contribution in [2.24, 2.45) is 0 Å². The maximum atomic E-state index is 12.3. The third kappa shape index (κ3) is 3.16. The Kier molecular flexibility index (Phi) is 4.45. The fourth-order valence-corrected chi connectivity index (χ4v) is 2.05. The Bertz CT molecular complexity index is 467. The Morgan fingerprint density at radius 1 is 1.12 bits per heavy atom. The van der Waals surface area contributed by atoms with Gasteiger partial charge in [0.2, 0.25) is 0 Å². The minimum atomic E-state index is 0.123. The summed E-state index contributed by atoms with van der Waals surface area (Å²) in [5.41, 5.74) is 4.93. The Labute approximate surface area is 104 Å². The van der Waals surface area contributed by atoms with Crippen LogP contribution in [-0.4, -0.2) is 5.78 Å². The lowest BCUT2D eigenvalue weighted by Crippen LogP contribution is -2.06. The molecular formula is C16H20O. The molecule has 0 heterocycles. The molecule has 0 aromatic heterocycles. The van der Waals surface area contributed by atoms with Crippen LogP contribution in [0.4, 0.5) is 0 Å². The molecule has 1 rings (SSSR count). The predicted octanol–water partition coefficient (Wildman–Crippen LogP) is 4.32. The van der Waals surface area contributed by atoms with Crippen LogP contribution in [0, 0.1) is 20.8 Å². The number of carbonyl (C=O) groups is 1. The maximum Gasteiger partial charge on any atom is 0.189 e. The summed E-state index contributed by atoms with van der Waals surface area (Å²) in [7, 11) is 0. The van der Waals surface area contributed by atoms with Crippen molar-refractivity contribution >= 4 is 5.78 Å². The van der Waals surface area contributed by atoms with E-state index < -0.39 is 0 Å². The van der Waals surface area contributed by atoms with Crippen LogP contribution >= 0.6 is 0 Å². The number of benzene rings is 1. The third-order valence-corrected chi connectivity index (χ3v) is 2.80. The zero-order valence-electron chi connectivity index (χ0n) is 11.3. The molecule has 0 aliphatic heterocycles. The summed E-state index contributed by atoms with van der Waals surface area (Å²) in [5.74, 6) is 0.123. The second kappa shape index (κ2) is 5.62. The summed E-state index contributed by atoms with van der Waals surface area (Å²) in [6, 6.07) is 4.12. The van der Waals surface area contributed by atoms with Gasteiger partial charge in [0.25, 0.3) is 0 Å². The fourth-order valence-electron chi connectivity index (χ4n) is 2.05. The highest BCUT2D eigenvalue weighted by Gasteiger charge is 2.13. The first-order valence-electron chi connectivity index (χ1n) is 5.89. The van der Waals surface area contributed by atoms with Crippen molar-refractivity contribution in [3.63, 3.8) is 0 Å². The molecule has 1 nitrogen and oxygen atoms in total. The summed E-state index contributed by atoms with van der Waals surface area (Å²) in [5, 5.41) is 0. The van der Waals surface area contributed by atoms with E-state index in [1.54, 1.807) is 0 Å². The van der Waals surface area contributed by atoms with Crippen LogP contribution in [0.2, 0.25) is 0 Å². The van der Waals surface area contributed by atoms with Gasteiger partial charge in [0.15, 0.2) is 5.78 Å². The zero-order valence-corrected chi connectivity index (χ0v) is 11.3. The van der Waals surface area contributed by atoms with Crippen molar-refractivity contribution in [2.75, 3.05) is 0 Å². The Hall–Kier alpha value is -1.63. The van der Waals surface area contributed by atoms with Crippen molar-refractivity contribution in [1.29, 1.82) is 0 Å². The number of aryl methyl sites for hydroxylation is 3. The predicted molar refractivity (Wildman–Crippen MR) is 73.6 cm³/mol. The zero-order chi connectivity index (χ0) is 13.0. The molecule has 90 valence electrons. The highest BCUT2D eigenvalue weighted by atomic mass is 16.1. The molecule has 1 heteroatoms. The highest BCUT2D eigenvalue weighted by Crippen LogP contribution is 2.19. The molecule has 0 aliphatic rings. The van der Waals surface area contributed by atoms with Crippen LogP contribution < -0.4 is 0 Å². The lowest BCUT2D eigenvalue weighted by atomic mass is 9.93. The maximum absolute atomic E-state index is 12.3. The average molecular weight is 228 g/mol. The number of rotatable bonds is 3. The van der Waals surface area contributed by atoms with E-state index in [-0.39, 0.29) is 5.78 Å². The molecule has 0 spiro atoms. The van der Waals surface area contributed by atoms with Crippen LogP contribution in [0.15, 0.2) is 35.9 Å². The van der Waals surface area contributed by atoms with Crippen LogP contribution in [0.5, 0.6) is 0 Å². The molecule has 0 atom stereocenters. The number of Topliss-reactive ketones (excluding diaryl/α,β-unsaturated/α-hetero) is 1. The molecule has 0 amide bonds. The number of hydrogen-bond donors (Lipinski definition) is 0. The van der Waals surface area contributed by atoms with Crippen molar-refractivity contribution in [3.05, 3.63) is 58.2 Å². The van der Waals surface area contributed by atoms with Gasteiger partial charge in [-0.2, -0.15) is 0 Å². The second-order valence-electron chi connectivity index (χ2n) is 4.48. The fraction of sp³-hybridized carbons (Fsp3) is 0.312. The minimum Gasteiger partial charge on any atom is -0.289 e. The van der Waals surface area contributed by atoms with Crippen molar-refractivity contribution in [3.8, 4) is 0 Å². The normalized spacial score (nSPS) is 12.2. The van der Waals surface area contributed by atoms with Crippen LogP contribution in [-0.2, 0) is 0 Å². The van der Waals surface area contributed by atoms with E-state index >= 15 is 0 Å².